The zero-order valence-electron chi connectivity index (χ0n) is 16.6. The Kier molecular flexibility index (Phi) is 19.6. The second kappa shape index (κ2) is 20.3. The normalized spacial score (nSPS) is 11.7. The first-order chi connectivity index (χ1) is 11.8. The van der Waals surface area contributed by atoms with Crippen LogP contribution in [-0.4, -0.2) is 12.8 Å². The van der Waals surface area contributed by atoms with Crippen LogP contribution >= 0.6 is 0 Å². The van der Waals surface area contributed by atoms with Crippen LogP contribution in [0.1, 0.15) is 117 Å². The van der Waals surface area contributed by atoms with E-state index in [2.05, 4.69) is 12.2 Å². The molecule has 0 unspecified atom stereocenters. The smallest absolute Gasteiger partial charge is 0.147 e. The molecule has 2 heteroatoms. The van der Waals surface area contributed by atoms with E-state index in [0.717, 1.165) is 18.4 Å². The third-order valence-electron chi connectivity index (χ3n) is 4.69. The number of aldehydes is 1. The summed E-state index contributed by atoms with van der Waals surface area (Å²) < 4.78 is 0. The molecule has 0 spiro atoms. The van der Waals surface area contributed by atoms with Crippen molar-refractivity contribution in [1.82, 2.24) is 5.32 Å². The number of unbranched alkanes of at least 4 members (excludes halogenated alkanes) is 15. The van der Waals surface area contributed by atoms with Gasteiger partial charge in [0.2, 0.25) is 0 Å². The van der Waals surface area contributed by atoms with E-state index in [0.29, 0.717) is 0 Å². The molecule has 0 saturated carbocycles. The lowest BCUT2D eigenvalue weighted by Gasteiger charge is -2.04. The van der Waals surface area contributed by atoms with Crippen LogP contribution in [0.4, 0.5) is 0 Å². The molecule has 0 aromatic heterocycles. The second-order valence-electron chi connectivity index (χ2n) is 7.26. The number of hydrogen-bond donors (Lipinski definition) is 1. The highest BCUT2D eigenvalue weighted by atomic mass is 16.1. The standard InChI is InChI=1S/C22H43NO/c1-3-4-5-6-7-8-9-10-11-12-13-14-15-16-17-18-19-23-20-22(2)21-24/h20-21,23H,3-19H2,1-2H3. The van der Waals surface area contributed by atoms with Gasteiger partial charge in [-0.25, -0.2) is 0 Å². The van der Waals surface area contributed by atoms with Gasteiger partial charge in [0.1, 0.15) is 6.29 Å². The molecular weight excluding hydrogens is 294 g/mol. The van der Waals surface area contributed by atoms with E-state index in [4.69, 9.17) is 0 Å². The van der Waals surface area contributed by atoms with E-state index in [-0.39, 0.29) is 0 Å². The Hall–Kier alpha value is -0.790. The van der Waals surface area contributed by atoms with Crippen LogP contribution in [0.5, 0.6) is 0 Å². The largest absolute Gasteiger partial charge is 0.391 e. The third-order valence-corrected chi connectivity index (χ3v) is 4.69. The zero-order chi connectivity index (χ0) is 17.7. The highest BCUT2D eigenvalue weighted by Gasteiger charge is 1.94. The zero-order valence-corrected chi connectivity index (χ0v) is 16.6. The Bertz CT molecular complexity index is 286. The van der Waals surface area contributed by atoms with Crippen LogP contribution < -0.4 is 5.32 Å². The van der Waals surface area contributed by atoms with Gasteiger partial charge < -0.3 is 5.32 Å². The van der Waals surface area contributed by atoms with Gasteiger partial charge in [-0.05, 0) is 13.3 Å². The summed E-state index contributed by atoms with van der Waals surface area (Å²) in [4.78, 5) is 10.4. The maximum Gasteiger partial charge on any atom is 0.147 e. The van der Waals surface area contributed by atoms with Crippen LogP contribution in [0.3, 0.4) is 0 Å². The molecule has 0 bridgehead atoms. The molecule has 2 nitrogen and oxygen atoms in total. The monoisotopic (exact) mass is 337 g/mol. The summed E-state index contributed by atoms with van der Waals surface area (Å²) >= 11 is 0. The maximum absolute atomic E-state index is 10.4. The topological polar surface area (TPSA) is 29.1 Å². The summed E-state index contributed by atoms with van der Waals surface area (Å²) in [6.07, 6.45) is 25.2. The maximum atomic E-state index is 10.4. The summed E-state index contributed by atoms with van der Waals surface area (Å²) in [5.74, 6) is 0. The Morgan fingerprint density at radius 3 is 1.42 bits per heavy atom. The fourth-order valence-electron chi connectivity index (χ4n) is 3.04. The van der Waals surface area contributed by atoms with Gasteiger partial charge in [0.15, 0.2) is 0 Å². The average Bonchev–Trinajstić information content (AvgIpc) is 2.60. The number of allylic oxidation sites excluding steroid dienone is 1. The van der Waals surface area contributed by atoms with E-state index in [9.17, 15) is 4.79 Å². The van der Waals surface area contributed by atoms with E-state index >= 15 is 0 Å². The molecule has 0 amide bonds. The minimum absolute atomic E-state index is 0.770. The molecule has 0 aliphatic rings. The fraction of sp³-hybridized carbons (Fsp3) is 0.864. The van der Waals surface area contributed by atoms with Gasteiger partial charge >= 0.3 is 0 Å². The fourth-order valence-corrected chi connectivity index (χ4v) is 3.04. The summed E-state index contributed by atoms with van der Waals surface area (Å²) in [6.45, 7) is 5.10. The van der Waals surface area contributed by atoms with Gasteiger partial charge in [-0.1, -0.05) is 103 Å². The molecular formula is C22H43NO. The number of carbonyl (C=O) groups excluding carboxylic acids is 1. The molecule has 0 aliphatic carbocycles. The predicted molar refractivity (Wildman–Crippen MR) is 107 cm³/mol. The van der Waals surface area contributed by atoms with Crippen LogP contribution in [-0.2, 0) is 4.79 Å². The lowest BCUT2D eigenvalue weighted by molar-refractivity contribution is -0.104. The number of rotatable bonds is 19. The Morgan fingerprint density at radius 2 is 1.04 bits per heavy atom. The minimum Gasteiger partial charge on any atom is -0.391 e. The molecule has 142 valence electrons. The lowest BCUT2D eigenvalue weighted by atomic mass is 10.0. The van der Waals surface area contributed by atoms with Gasteiger partial charge in [-0.15, -0.1) is 0 Å². The molecule has 0 radical (unpaired) electrons. The first-order valence-electron chi connectivity index (χ1n) is 10.7. The minimum atomic E-state index is 0.770. The summed E-state index contributed by atoms with van der Waals surface area (Å²) in [6, 6.07) is 0. The highest BCUT2D eigenvalue weighted by molar-refractivity contribution is 5.71. The first-order valence-corrected chi connectivity index (χ1v) is 10.7. The lowest BCUT2D eigenvalue weighted by Crippen LogP contribution is -2.07. The summed E-state index contributed by atoms with van der Waals surface area (Å²) in [5, 5.41) is 3.19. The van der Waals surface area contributed by atoms with Crippen LogP contribution in [0.15, 0.2) is 11.8 Å². The molecule has 0 saturated heterocycles. The molecule has 0 heterocycles. The quantitative estimate of drug-likeness (QED) is 0.157. The van der Waals surface area contributed by atoms with Gasteiger partial charge in [0.25, 0.3) is 0 Å². The van der Waals surface area contributed by atoms with Crippen molar-refractivity contribution in [2.75, 3.05) is 6.54 Å². The molecule has 0 aromatic rings. The van der Waals surface area contributed by atoms with Crippen LogP contribution in [0.25, 0.3) is 0 Å². The SMILES string of the molecule is CCCCCCCCCCCCCCCCCCNC=C(C)C=O. The van der Waals surface area contributed by atoms with E-state index in [1.54, 1.807) is 0 Å². The Balaban J connectivity index is 3.04. The van der Waals surface area contributed by atoms with E-state index in [1.807, 2.05) is 13.1 Å². The molecule has 1 N–H and O–H groups in total. The molecule has 24 heavy (non-hydrogen) atoms. The van der Waals surface area contributed by atoms with Crippen molar-refractivity contribution in [2.24, 2.45) is 0 Å². The van der Waals surface area contributed by atoms with Gasteiger partial charge in [0.05, 0.1) is 0 Å². The summed E-state index contributed by atoms with van der Waals surface area (Å²) in [5.41, 5.74) is 0.770. The van der Waals surface area contributed by atoms with Crippen molar-refractivity contribution in [2.45, 2.75) is 117 Å². The second-order valence-corrected chi connectivity index (χ2v) is 7.26. The molecule has 0 fully saturated rings. The molecule has 0 aromatic carbocycles. The Morgan fingerprint density at radius 1 is 0.667 bits per heavy atom. The molecule has 0 rings (SSSR count). The van der Waals surface area contributed by atoms with Crippen molar-refractivity contribution in [3.63, 3.8) is 0 Å². The van der Waals surface area contributed by atoms with E-state index in [1.165, 1.54) is 103 Å². The number of carbonyl (C=O) groups is 1. The van der Waals surface area contributed by atoms with Crippen molar-refractivity contribution in [3.05, 3.63) is 11.8 Å². The number of nitrogens with one attached hydrogen (secondary N) is 1. The summed E-state index contributed by atoms with van der Waals surface area (Å²) in [7, 11) is 0. The van der Waals surface area contributed by atoms with Crippen molar-refractivity contribution in [3.8, 4) is 0 Å². The van der Waals surface area contributed by atoms with Crippen molar-refractivity contribution < 1.29 is 4.79 Å². The van der Waals surface area contributed by atoms with Crippen molar-refractivity contribution in [1.29, 1.82) is 0 Å². The van der Waals surface area contributed by atoms with Gasteiger partial charge in [-0.3, -0.25) is 4.79 Å². The molecule has 0 aliphatic heterocycles. The van der Waals surface area contributed by atoms with Crippen molar-refractivity contribution >= 4 is 6.29 Å². The number of hydrogen-bond acceptors (Lipinski definition) is 2. The predicted octanol–water partition coefficient (Wildman–Crippen LogP) is 6.94. The average molecular weight is 338 g/mol. The van der Waals surface area contributed by atoms with Crippen LogP contribution in [0.2, 0.25) is 0 Å². The van der Waals surface area contributed by atoms with E-state index < -0.39 is 0 Å². The van der Waals surface area contributed by atoms with Crippen LogP contribution in [0, 0.1) is 0 Å². The third kappa shape index (κ3) is 19.3. The highest BCUT2D eigenvalue weighted by Crippen LogP contribution is 2.13. The first kappa shape index (κ1) is 23.2. The molecule has 0 atom stereocenters. The van der Waals surface area contributed by atoms with Gasteiger partial charge in [-0.2, -0.15) is 0 Å². The Labute approximate surface area is 151 Å². The van der Waals surface area contributed by atoms with Gasteiger partial charge in [0, 0.05) is 18.3 Å².